The molecule has 0 bridgehead atoms. The van der Waals surface area contributed by atoms with Gasteiger partial charge in [-0.2, -0.15) is 5.10 Å². The summed E-state index contributed by atoms with van der Waals surface area (Å²) < 4.78 is 7.10. The molecule has 0 fully saturated rings. The van der Waals surface area contributed by atoms with Crippen molar-refractivity contribution in [2.45, 2.75) is 6.54 Å². The number of nitrogens with zero attached hydrogens (tertiary/aromatic N) is 3. The number of ether oxygens (including phenoxy) is 1. The SMILES string of the molecule is C#CCn1ncc(NCCOCCN(C)C)c(Br)c1=O. The number of aromatic nitrogens is 2. The van der Waals surface area contributed by atoms with E-state index in [1.165, 1.54) is 4.68 Å². The van der Waals surface area contributed by atoms with Gasteiger partial charge in [-0.1, -0.05) is 5.92 Å². The Morgan fingerprint density at radius 1 is 1.55 bits per heavy atom. The standard InChI is InChI=1S/C13H19BrN4O2/c1-4-6-18-13(19)12(14)11(10-16-18)15-5-8-20-9-7-17(2)3/h1,10,15H,5-9H2,2-3H3. The van der Waals surface area contributed by atoms with Crippen LogP contribution in [0, 0.1) is 12.3 Å². The van der Waals surface area contributed by atoms with Crippen molar-refractivity contribution in [3.05, 3.63) is 21.0 Å². The molecule has 0 amide bonds. The molecule has 1 aromatic rings. The van der Waals surface area contributed by atoms with Crippen molar-refractivity contribution in [3.63, 3.8) is 0 Å². The molecule has 20 heavy (non-hydrogen) atoms. The highest BCUT2D eigenvalue weighted by molar-refractivity contribution is 9.10. The zero-order valence-electron chi connectivity index (χ0n) is 11.7. The highest BCUT2D eigenvalue weighted by Gasteiger charge is 2.07. The van der Waals surface area contributed by atoms with Crippen LogP contribution in [0.25, 0.3) is 0 Å². The lowest BCUT2D eigenvalue weighted by atomic mass is 10.4. The number of halogens is 1. The Kier molecular flexibility index (Phi) is 7.30. The van der Waals surface area contributed by atoms with Gasteiger partial charge in [0.05, 0.1) is 25.1 Å². The zero-order chi connectivity index (χ0) is 15.0. The van der Waals surface area contributed by atoms with Crippen LogP contribution in [0.1, 0.15) is 0 Å². The van der Waals surface area contributed by atoms with Gasteiger partial charge in [0.1, 0.15) is 11.0 Å². The molecule has 110 valence electrons. The van der Waals surface area contributed by atoms with Gasteiger partial charge < -0.3 is 15.0 Å². The van der Waals surface area contributed by atoms with Gasteiger partial charge in [-0.15, -0.1) is 6.42 Å². The second-order valence-electron chi connectivity index (χ2n) is 4.38. The van der Waals surface area contributed by atoms with E-state index in [1.807, 2.05) is 14.1 Å². The van der Waals surface area contributed by atoms with Crippen molar-refractivity contribution < 1.29 is 4.74 Å². The maximum atomic E-state index is 11.9. The van der Waals surface area contributed by atoms with Crippen LogP contribution >= 0.6 is 15.9 Å². The van der Waals surface area contributed by atoms with Gasteiger partial charge in [-0.25, -0.2) is 4.68 Å². The molecule has 0 aromatic carbocycles. The third kappa shape index (κ3) is 5.33. The van der Waals surface area contributed by atoms with E-state index >= 15 is 0 Å². The molecular formula is C13H19BrN4O2. The van der Waals surface area contributed by atoms with E-state index < -0.39 is 0 Å². The molecule has 1 heterocycles. The quantitative estimate of drug-likeness (QED) is 0.554. The Morgan fingerprint density at radius 2 is 2.30 bits per heavy atom. The summed E-state index contributed by atoms with van der Waals surface area (Å²) in [4.78, 5) is 13.9. The molecule has 1 N–H and O–H groups in total. The van der Waals surface area contributed by atoms with Crippen LogP contribution in [0.2, 0.25) is 0 Å². The summed E-state index contributed by atoms with van der Waals surface area (Å²) in [6.45, 7) is 2.89. The number of likely N-dealkylation sites (N-methyl/N-ethyl adjacent to an activating group) is 1. The van der Waals surface area contributed by atoms with E-state index in [0.29, 0.717) is 29.9 Å². The Hall–Kier alpha value is -1.36. The summed E-state index contributed by atoms with van der Waals surface area (Å²) in [6.07, 6.45) is 6.74. The molecular weight excluding hydrogens is 324 g/mol. The molecule has 1 aromatic heterocycles. The lowest BCUT2D eigenvalue weighted by Crippen LogP contribution is -2.25. The Labute approximate surface area is 127 Å². The van der Waals surface area contributed by atoms with Gasteiger partial charge in [-0.3, -0.25) is 4.79 Å². The monoisotopic (exact) mass is 342 g/mol. The highest BCUT2D eigenvalue weighted by atomic mass is 79.9. The van der Waals surface area contributed by atoms with Crippen LogP contribution in [-0.4, -0.2) is 55.1 Å². The second-order valence-corrected chi connectivity index (χ2v) is 5.17. The number of hydrogen-bond donors (Lipinski definition) is 1. The third-order valence-electron chi connectivity index (χ3n) is 2.47. The van der Waals surface area contributed by atoms with Crippen molar-refractivity contribution in [1.29, 1.82) is 0 Å². The number of rotatable bonds is 8. The van der Waals surface area contributed by atoms with E-state index in [4.69, 9.17) is 11.2 Å². The van der Waals surface area contributed by atoms with Gasteiger partial charge in [0.2, 0.25) is 0 Å². The van der Waals surface area contributed by atoms with Gasteiger partial charge >= 0.3 is 0 Å². The Balaban J connectivity index is 2.44. The molecule has 6 nitrogen and oxygen atoms in total. The van der Waals surface area contributed by atoms with E-state index in [0.717, 1.165) is 6.54 Å². The predicted octanol–water partition coefficient (Wildman–Crippen LogP) is 0.629. The smallest absolute Gasteiger partial charge is 0.284 e. The molecule has 0 unspecified atom stereocenters. The molecule has 0 spiro atoms. The third-order valence-corrected chi connectivity index (χ3v) is 3.24. The summed E-state index contributed by atoms with van der Waals surface area (Å²) in [5, 5.41) is 7.09. The van der Waals surface area contributed by atoms with E-state index in [9.17, 15) is 4.79 Å². The lowest BCUT2D eigenvalue weighted by molar-refractivity contribution is 0.126. The fourth-order valence-corrected chi connectivity index (χ4v) is 1.84. The number of hydrogen-bond acceptors (Lipinski definition) is 5. The molecule has 0 atom stereocenters. The maximum Gasteiger partial charge on any atom is 0.284 e. The molecule has 0 radical (unpaired) electrons. The first-order valence-corrected chi connectivity index (χ1v) is 7.01. The molecule has 0 saturated heterocycles. The molecule has 0 saturated carbocycles. The van der Waals surface area contributed by atoms with Crippen LogP contribution in [0.4, 0.5) is 5.69 Å². The van der Waals surface area contributed by atoms with Crippen molar-refractivity contribution >= 4 is 21.6 Å². The molecule has 1 rings (SSSR count). The van der Waals surface area contributed by atoms with E-state index in [1.54, 1.807) is 6.20 Å². The molecule has 0 aliphatic carbocycles. The summed E-state index contributed by atoms with van der Waals surface area (Å²) in [5.41, 5.74) is 0.390. The normalized spacial score (nSPS) is 10.6. The maximum absolute atomic E-state index is 11.9. The lowest BCUT2D eigenvalue weighted by Gasteiger charge is -2.11. The van der Waals surface area contributed by atoms with Crippen LogP contribution < -0.4 is 10.9 Å². The minimum Gasteiger partial charge on any atom is -0.380 e. The highest BCUT2D eigenvalue weighted by Crippen LogP contribution is 2.15. The second kappa shape index (κ2) is 8.74. The van der Waals surface area contributed by atoms with Crippen LogP contribution in [0.3, 0.4) is 0 Å². The van der Waals surface area contributed by atoms with Crippen molar-refractivity contribution in [1.82, 2.24) is 14.7 Å². The fraction of sp³-hybridized carbons (Fsp3) is 0.538. The van der Waals surface area contributed by atoms with Crippen LogP contribution in [0.15, 0.2) is 15.5 Å². The van der Waals surface area contributed by atoms with Gasteiger partial charge in [0, 0.05) is 13.1 Å². The topological polar surface area (TPSA) is 59.4 Å². The van der Waals surface area contributed by atoms with Crippen molar-refractivity contribution in [3.8, 4) is 12.3 Å². The minimum atomic E-state index is -0.249. The minimum absolute atomic E-state index is 0.158. The number of anilines is 1. The summed E-state index contributed by atoms with van der Waals surface area (Å²) >= 11 is 3.25. The Morgan fingerprint density at radius 3 is 2.95 bits per heavy atom. The summed E-state index contributed by atoms with van der Waals surface area (Å²) in [7, 11) is 3.99. The number of nitrogens with one attached hydrogen (secondary N) is 1. The first-order chi connectivity index (χ1) is 9.56. The largest absolute Gasteiger partial charge is 0.380 e. The van der Waals surface area contributed by atoms with Crippen molar-refractivity contribution in [2.75, 3.05) is 45.7 Å². The first kappa shape index (κ1) is 16.7. The van der Waals surface area contributed by atoms with Gasteiger partial charge in [0.25, 0.3) is 5.56 Å². The molecule has 7 heteroatoms. The van der Waals surface area contributed by atoms with Crippen LogP contribution in [-0.2, 0) is 11.3 Å². The predicted molar refractivity (Wildman–Crippen MR) is 82.9 cm³/mol. The van der Waals surface area contributed by atoms with Crippen LogP contribution in [0.5, 0.6) is 0 Å². The summed E-state index contributed by atoms with van der Waals surface area (Å²) in [5.74, 6) is 2.38. The fourth-order valence-electron chi connectivity index (χ4n) is 1.39. The summed E-state index contributed by atoms with van der Waals surface area (Å²) in [6, 6.07) is 0. The zero-order valence-corrected chi connectivity index (χ0v) is 13.3. The Bertz CT molecular complexity index is 522. The van der Waals surface area contributed by atoms with E-state index in [-0.39, 0.29) is 12.1 Å². The average molecular weight is 343 g/mol. The molecule has 0 aliphatic rings. The number of terminal acetylenes is 1. The average Bonchev–Trinajstić information content (AvgIpc) is 2.41. The van der Waals surface area contributed by atoms with E-state index in [2.05, 4.69) is 37.2 Å². The van der Waals surface area contributed by atoms with Gasteiger partial charge in [0.15, 0.2) is 0 Å². The van der Waals surface area contributed by atoms with Crippen molar-refractivity contribution in [2.24, 2.45) is 0 Å². The first-order valence-electron chi connectivity index (χ1n) is 6.21. The van der Waals surface area contributed by atoms with Gasteiger partial charge in [-0.05, 0) is 30.0 Å². The molecule has 0 aliphatic heterocycles.